The van der Waals surface area contributed by atoms with Crippen molar-refractivity contribution in [1.82, 2.24) is 24.6 Å². The van der Waals surface area contributed by atoms with Gasteiger partial charge in [0.05, 0.1) is 37.7 Å². The van der Waals surface area contributed by atoms with Gasteiger partial charge in [-0.2, -0.15) is 15.1 Å². The van der Waals surface area contributed by atoms with E-state index in [0.717, 1.165) is 12.8 Å². The number of imidazole rings is 1. The highest BCUT2D eigenvalue weighted by molar-refractivity contribution is 7.52. The number of benzene rings is 1. The minimum Gasteiger partial charge on any atom is -0.462 e. The van der Waals surface area contributed by atoms with Gasteiger partial charge in [0.25, 0.3) is 0 Å². The summed E-state index contributed by atoms with van der Waals surface area (Å²) in [6, 6.07) is 7.43. The summed E-state index contributed by atoms with van der Waals surface area (Å²) in [5, 5.41) is 16.8. The van der Waals surface area contributed by atoms with Gasteiger partial charge in [0.1, 0.15) is 24.1 Å². The molecule has 2 fully saturated rings. The number of alkyl halides is 1. The summed E-state index contributed by atoms with van der Waals surface area (Å²) in [6.07, 6.45) is -0.478. The fourth-order valence-corrected chi connectivity index (χ4v) is 6.03. The van der Waals surface area contributed by atoms with Crippen molar-refractivity contribution in [2.75, 3.05) is 24.3 Å². The molecule has 3 aromatic rings. The second kappa shape index (κ2) is 12.5. The number of esters is 1. The third kappa shape index (κ3) is 6.81. The van der Waals surface area contributed by atoms with Gasteiger partial charge in [-0.3, -0.25) is 18.3 Å². The first-order valence-electron chi connectivity index (χ1n) is 13.7. The van der Waals surface area contributed by atoms with Crippen molar-refractivity contribution in [3.63, 3.8) is 0 Å². The maximum absolute atomic E-state index is 14.3. The molecule has 2 aliphatic rings. The standard InChI is InChI=1S/C26H35FN7O7P/c1-14(2)39-25(36)15(3)33-42(37,41-17-7-5-4-6-8-17)38-12-19-21(35)18(11-27)24(40-19)34-13-29-20-22(30-16-9-10-16)31-26(28)32-23(20)34/h4-8,13-16,18-19,21,24,35H,9-12H2,1-3H3,(H,33,37)(H3,28,30,31,32)/t15-,18+,19-,21+,24-,42+/m1/s1. The van der Waals surface area contributed by atoms with Crippen LogP contribution in [0.25, 0.3) is 11.2 Å². The van der Waals surface area contributed by atoms with Crippen LogP contribution in [0.2, 0.25) is 0 Å². The lowest BCUT2D eigenvalue weighted by Gasteiger charge is -2.25. The Kier molecular flexibility index (Phi) is 8.94. The van der Waals surface area contributed by atoms with Gasteiger partial charge < -0.3 is 30.2 Å². The molecule has 1 saturated carbocycles. The van der Waals surface area contributed by atoms with Crippen LogP contribution in [-0.4, -0.2) is 74.3 Å². The number of ether oxygens (including phenoxy) is 2. The lowest BCUT2D eigenvalue weighted by molar-refractivity contribution is -0.149. The Morgan fingerprint density at radius 1 is 1.26 bits per heavy atom. The van der Waals surface area contributed by atoms with E-state index in [1.807, 2.05) is 0 Å². The maximum Gasteiger partial charge on any atom is 0.459 e. The topological polar surface area (TPSA) is 185 Å². The Morgan fingerprint density at radius 3 is 2.67 bits per heavy atom. The summed E-state index contributed by atoms with van der Waals surface area (Å²) in [5.74, 6) is -1.02. The molecule has 0 amide bonds. The average Bonchev–Trinajstić information content (AvgIpc) is 3.56. The molecule has 14 nitrogen and oxygen atoms in total. The van der Waals surface area contributed by atoms with E-state index >= 15 is 0 Å². The van der Waals surface area contributed by atoms with Crippen LogP contribution in [0.4, 0.5) is 16.2 Å². The molecule has 1 saturated heterocycles. The summed E-state index contributed by atoms with van der Waals surface area (Å²) in [7, 11) is -4.24. The third-order valence-corrected chi connectivity index (χ3v) is 8.39. The Bertz CT molecular complexity index is 1440. The number of rotatable bonds is 13. The molecule has 42 heavy (non-hydrogen) atoms. The SMILES string of the molecule is CC(C)OC(=O)[C@@H](C)N[P@](=O)(OC[C@H]1O[C@@H](n2cnc3c(NC4CC4)nc(N)nc32)[C@@H](CF)[C@@H]1O)Oc1ccccc1. The number of anilines is 2. The highest BCUT2D eigenvalue weighted by atomic mass is 31.2. The molecular weight excluding hydrogens is 572 g/mol. The molecule has 6 atom stereocenters. The predicted molar refractivity (Wildman–Crippen MR) is 150 cm³/mol. The molecule has 1 aromatic carbocycles. The minimum atomic E-state index is -4.24. The number of hydrogen-bond acceptors (Lipinski definition) is 12. The number of nitrogens with two attached hydrogens (primary N) is 1. The normalized spacial score (nSPS) is 24.4. The van der Waals surface area contributed by atoms with E-state index in [4.69, 9.17) is 24.3 Å². The number of fused-ring (bicyclic) bond motifs is 1. The molecule has 228 valence electrons. The summed E-state index contributed by atoms with van der Waals surface area (Å²) < 4.78 is 52.2. The predicted octanol–water partition coefficient (Wildman–Crippen LogP) is 2.96. The first-order chi connectivity index (χ1) is 20.1. The summed E-state index contributed by atoms with van der Waals surface area (Å²) in [4.78, 5) is 25.3. The summed E-state index contributed by atoms with van der Waals surface area (Å²) >= 11 is 0. The maximum atomic E-state index is 14.3. The smallest absolute Gasteiger partial charge is 0.459 e. The zero-order valence-corrected chi connectivity index (χ0v) is 24.3. The Morgan fingerprint density at radius 2 is 2.00 bits per heavy atom. The highest BCUT2D eigenvalue weighted by Crippen LogP contribution is 2.47. The van der Waals surface area contributed by atoms with Gasteiger partial charge in [0.2, 0.25) is 5.95 Å². The number of hydrogen-bond donors (Lipinski definition) is 4. The van der Waals surface area contributed by atoms with Crippen LogP contribution in [0.3, 0.4) is 0 Å². The van der Waals surface area contributed by atoms with Crippen molar-refractivity contribution in [2.24, 2.45) is 5.92 Å². The Hall–Kier alpha value is -3.36. The summed E-state index contributed by atoms with van der Waals surface area (Å²) in [6.45, 7) is 3.42. The fourth-order valence-electron chi connectivity index (χ4n) is 4.53. The van der Waals surface area contributed by atoms with E-state index in [-0.39, 0.29) is 17.7 Å². The number of para-hydroxylation sites is 1. The summed E-state index contributed by atoms with van der Waals surface area (Å²) in [5.41, 5.74) is 6.68. The molecule has 5 N–H and O–H groups in total. The van der Waals surface area contributed by atoms with Crippen molar-refractivity contribution < 1.29 is 37.4 Å². The van der Waals surface area contributed by atoms with Crippen molar-refractivity contribution >= 4 is 36.6 Å². The number of nitrogen functional groups attached to an aromatic ring is 1. The second-order valence-corrected chi connectivity index (χ2v) is 12.3. The van der Waals surface area contributed by atoms with Crippen molar-refractivity contribution in [3.05, 3.63) is 36.7 Å². The zero-order chi connectivity index (χ0) is 30.0. The largest absolute Gasteiger partial charge is 0.462 e. The first-order valence-corrected chi connectivity index (χ1v) is 15.2. The van der Waals surface area contributed by atoms with E-state index in [0.29, 0.717) is 17.0 Å². The number of carbonyl (C=O) groups is 1. The van der Waals surface area contributed by atoms with Crippen LogP contribution in [0, 0.1) is 5.92 Å². The van der Waals surface area contributed by atoms with Gasteiger partial charge in [-0.25, -0.2) is 9.55 Å². The van der Waals surface area contributed by atoms with Crippen LogP contribution >= 0.6 is 7.75 Å². The van der Waals surface area contributed by atoms with Crippen LogP contribution in [0.5, 0.6) is 5.75 Å². The molecule has 2 aromatic heterocycles. The highest BCUT2D eigenvalue weighted by Gasteiger charge is 2.47. The van der Waals surface area contributed by atoms with Crippen molar-refractivity contribution in [3.8, 4) is 5.75 Å². The molecule has 0 unspecified atom stereocenters. The van der Waals surface area contributed by atoms with E-state index in [1.165, 1.54) is 17.8 Å². The number of aliphatic hydroxyl groups is 1. The van der Waals surface area contributed by atoms with Crippen molar-refractivity contribution in [1.29, 1.82) is 0 Å². The Balaban J connectivity index is 1.35. The van der Waals surface area contributed by atoms with Crippen LogP contribution in [0.1, 0.15) is 39.8 Å². The number of carbonyl (C=O) groups excluding carboxylic acids is 1. The van der Waals surface area contributed by atoms with Gasteiger partial charge in [-0.1, -0.05) is 18.2 Å². The van der Waals surface area contributed by atoms with Gasteiger partial charge in [-0.15, -0.1) is 0 Å². The molecule has 16 heteroatoms. The first kappa shape index (κ1) is 30.1. The molecule has 3 heterocycles. The minimum absolute atomic E-state index is 0.00202. The van der Waals surface area contributed by atoms with Gasteiger partial charge in [0, 0.05) is 6.04 Å². The van der Waals surface area contributed by atoms with Gasteiger partial charge in [0.15, 0.2) is 17.0 Å². The number of halogens is 1. The van der Waals surface area contributed by atoms with Crippen molar-refractivity contribution in [2.45, 2.75) is 70.2 Å². The molecule has 0 bridgehead atoms. The molecule has 1 aliphatic heterocycles. The zero-order valence-electron chi connectivity index (χ0n) is 23.4. The number of nitrogens with zero attached hydrogens (tertiary/aromatic N) is 4. The second-order valence-electron chi connectivity index (χ2n) is 10.6. The van der Waals surface area contributed by atoms with E-state index in [9.17, 15) is 18.9 Å². The van der Waals surface area contributed by atoms with E-state index in [1.54, 1.807) is 44.2 Å². The lowest BCUT2D eigenvalue weighted by Crippen LogP contribution is -2.37. The monoisotopic (exact) mass is 607 g/mol. The molecule has 1 aliphatic carbocycles. The van der Waals surface area contributed by atoms with Gasteiger partial charge >= 0.3 is 13.7 Å². The van der Waals surface area contributed by atoms with E-state index < -0.39 is 63.5 Å². The van der Waals surface area contributed by atoms with Crippen LogP contribution < -0.4 is 20.7 Å². The quantitative estimate of drug-likeness (QED) is 0.164. The van der Waals surface area contributed by atoms with Crippen LogP contribution in [-0.2, 0) is 23.4 Å². The van der Waals surface area contributed by atoms with Gasteiger partial charge in [-0.05, 0) is 45.7 Å². The Labute approximate surface area is 241 Å². The fraction of sp³-hybridized carbons (Fsp3) is 0.538. The molecule has 0 spiro atoms. The number of nitrogens with one attached hydrogen (secondary N) is 2. The molecular formula is C26H35FN7O7P. The molecule has 5 rings (SSSR count). The van der Waals surface area contributed by atoms with Crippen LogP contribution in [0.15, 0.2) is 36.7 Å². The molecule has 0 radical (unpaired) electrons. The van der Waals surface area contributed by atoms with E-state index in [2.05, 4.69) is 25.4 Å². The number of aromatic nitrogens is 4. The average molecular weight is 608 g/mol. The lowest BCUT2D eigenvalue weighted by atomic mass is 10.0. The number of aliphatic hydroxyl groups excluding tert-OH is 1. The third-order valence-electron chi connectivity index (χ3n) is 6.74.